The fraction of sp³-hybridized carbons (Fsp3) is 0.588. The van der Waals surface area contributed by atoms with Gasteiger partial charge in [-0.05, 0) is 43.1 Å². The van der Waals surface area contributed by atoms with Gasteiger partial charge in [0.05, 0.1) is 6.04 Å². The van der Waals surface area contributed by atoms with Crippen LogP contribution in [0.15, 0.2) is 16.8 Å². The van der Waals surface area contributed by atoms with Crippen molar-refractivity contribution in [3.05, 3.63) is 17.7 Å². The third-order valence-corrected chi connectivity index (χ3v) is 5.20. The first-order valence-corrected chi connectivity index (χ1v) is 9.45. The largest absolute Gasteiger partial charge is 0.485 e. The van der Waals surface area contributed by atoms with Gasteiger partial charge in [0.2, 0.25) is 5.91 Å². The number of halogens is 1. The molecule has 1 aliphatic rings. The Labute approximate surface area is 154 Å². The first kappa shape index (κ1) is 18.1. The molecule has 3 rings (SSSR count). The molecule has 0 saturated heterocycles. The fourth-order valence-corrected chi connectivity index (χ4v) is 3.37. The average Bonchev–Trinajstić information content (AvgIpc) is 3.02. The maximum absolute atomic E-state index is 12.6. The molecule has 2 N–H and O–H groups in total. The van der Waals surface area contributed by atoms with Crippen molar-refractivity contribution in [3.8, 4) is 5.75 Å². The molecule has 1 aromatic heterocycles. The number of aliphatic hydroxyl groups excluding tert-OH is 1. The highest BCUT2D eigenvalue weighted by Gasteiger charge is 2.44. The molecule has 1 aromatic carbocycles. The number of ether oxygens (including phenoxy) is 1. The second-order valence-electron chi connectivity index (χ2n) is 7.01. The van der Waals surface area contributed by atoms with Crippen LogP contribution in [-0.4, -0.2) is 38.4 Å². The van der Waals surface area contributed by atoms with Crippen molar-refractivity contribution in [3.63, 3.8) is 0 Å². The maximum Gasteiger partial charge on any atom is 0.223 e. The van der Waals surface area contributed by atoms with Crippen molar-refractivity contribution in [1.82, 2.24) is 15.6 Å². The van der Waals surface area contributed by atoms with E-state index in [2.05, 4.69) is 31.6 Å². The van der Waals surface area contributed by atoms with Gasteiger partial charge in [-0.3, -0.25) is 4.79 Å². The minimum absolute atomic E-state index is 0.0907. The Bertz CT molecular complexity index is 776. The predicted octanol–water partition coefficient (Wildman–Crippen LogP) is 2.72. The first-order chi connectivity index (χ1) is 11.8. The van der Waals surface area contributed by atoms with E-state index in [0.29, 0.717) is 22.3 Å². The van der Waals surface area contributed by atoms with E-state index in [1.807, 2.05) is 6.92 Å². The van der Waals surface area contributed by atoms with Crippen molar-refractivity contribution < 1.29 is 19.3 Å². The molecule has 3 atom stereocenters. The number of nitrogens with one attached hydrogen (secondary N) is 1. The normalized spacial score (nSPS) is 22.9. The van der Waals surface area contributed by atoms with E-state index in [4.69, 9.17) is 9.37 Å². The predicted molar refractivity (Wildman–Crippen MR) is 95.6 cm³/mol. The topological polar surface area (TPSA) is 97.5 Å². The van der Waals surface area contributed by atoms with Crippen LogP contribution in [0.4, 0.5) is 0 Å². The van der Waals surface area contributed by atoms with E-state index < -0.39 is 17.7 Å². The molecule has 0 bridgehead atoms. The van der Waals surface area contributed by atoms with Gasteiger partial charge in [-0.1, -0.05) is 22.9 Å². The minimum atomic E-state index is -0.898. The van der Waals surface area contributed by atoms with E-state index in [9.17, 15) is 9.90 Å². The van der Waals surface area contributed by atoms with Crippen LogP contribution in [0, 0.1) is 5.92 Å². The third kappa shape index (κ3) is 3.50. The summed E-state index contributed by atoms with van der Waals surface area (Å²) in [6.07, 6.45) is 0.793. The van der Waals surface area contributed by atoms with Crippen LogP contribution in [0.1, 0.15) is 45.2 Å². The second kappa shape index (κ2) is 6.92. The fourth-order valence-electron chi connectivity index (χ4n) is 3.04. The van der Waals surface area contributed by atoms with Gasteiger partial charge in [-0.2, -0.15) is 0 Å². The number of hydrogen-bond donors (Lipinski definition) is 2. The molecular formula is C17H22BrN3O4. The van der Waals surface area contributed by atoms with Gasteiger partial charge < -0.3 is 15.2 Å². The number of amides is 1. The Hall–Kier alpha value is -1.67. The van der Waals surface area contributed by atoms with Crippen molar-refractivity contribution in [1.29, 1.82) is 0 Å². The highest BCUT2D eigenvalue weighted by atomic mass is 79.9. The summed E-state index contributed by atoms with van der Waals surface area (Å²) in [5.74, 6) is 0.334. The van der Waals surface area contributed by atoms with Gasteiger partial charge in [0.15, 0.2) is 0 Å². The molecule has 7 nitrogen and oxygen atoms in total. The van der Waals surface area contributed by atoms with Crippen LogP contribution in [0.3, 0.4) is 0 Å². The number of carbonyl (C=O) groups excluding carboxylic acids is 1. The summed E-state index contributed by atoms with van der Waals surface area (Å²) >= 11 is 3.38. The SMILES string of the molecule is CC(CCCBr)C(=O)NC1c2cc3nonc3cc2OC(C)(C)C1O. The number of fused-ring (bicyclic) bond motifs is 2. The van der Waals surface area contributed by atoms with Crippen molar-refractivity contribution >= 4 is 32.9 Å². The Morgan fingerprint density at radius 3 is 2.76 bits per heavy atom. The smallest absolute Gasteiger partial charge is 0.223 e. The van der Waals surface area contributed by atoms with E-state index in [1.54, 1.807) is 26.0 Å². The van der Waals surface area contributed by atoms with E-state index in [1.165, 1.54) is 0 Å². The molecule has 0 fully saturated rings. The Morgan fingerprint density at radius 2 is 2.08 bits per heavy atom. The summed E-state index contributed by atoms with van der Waals surface area (Å²) in [6, 6.07) is 2.88. The van der Waals surface area contributed by atoms with Crippen LogP contribution in [0.5, 0.6) is 5.75 Å². The molecule has 0 radical (unpaired) electrons. The van der Waals surface area contributed by atoms with Crippen LogP contribution in [0.2, 0.25) is 0 Å². The highest BCUT2D eigenvalue weighted by Crippen LogP contribution is 2.41. The maximum atomic E-state index is 12.6. The van der Waals surface area contributed by atoms with Crippen molar-refractivity contribution in [2.75, 3.05) is 5.33 Å². The number of alkyl halides is 1. The van der Waals surface area contributed by atoms with E-state index in [-0.39, 0.29) is 11.8 Å². The summed E-state index contributed by atoms with van der Waals surface area (Å²) in [4.78, 5) is 12.6. The van der Waals surface area contributed by atoms with Gasteiger partial charge >= 0.3 is 0 Å². The molecule has 136 valence electrons. The molecule has 2 heterocycles. The molecular weight excluding hydrogens is 390 g/mol. The Balaban J connectivity index is 1.93. The molecule has 0 saturated carbocycles. The summed E-state index contributed by atoms with van der Waals surface area (Å²) < 4.78 is 10.7. The zero-order chi connectivity index (χ0) is 18.2. The van der Waals surface area contributed by atoms with Gasteiger partial charge in [0.25, 0.3) is 0 Å². The van der Waals surface area contributed by atoms with Gasteiger partial charge in [0, 0.05) is 22.9 Å². The number of rotatable bonds is 5. The number of nitrogens with zero attached hydrogens (tertiary/aromatic N) is 2. The quantitative estimate of drug-likeness (QED) is 0.733. The third-order valence-electron chi connectivity index (χ3n) is 4.64. The summed E-state index contributed by atoms with van der Waals surface area (Å²) in [5, 5.41) is 22.3. The molecule has 0 spiro atoms. The number of benzene rings is 1. The van der Waals surface area contributed by atoms with Gasteiger partial charge in [0.1, 0.15) is 28.5 Å². The van der Waals surface area contributed by atoms with Gasteiger partial charge in [-0.25, -0.2) is 4.63 Å². The molecule has 0 aliphatic carbocycles. The number of carbonyl (C=O) groups is 1. The van der Waals surface area contributed by atoms with Crippen LogP contribution in [0.25, 0.3) is 11.0 Å². The lowest BCUT2D eigenvalue weighted by Crippen LogP contribution is -2.54. The van der Waals surface area contributed by atoms with Crippen LogP contribution in [-0.2, 0) is 4.79 Å². The zero-order valence-corrected chi connectivity index (χ0v) is 16.0. The summed E-state index contributed by atoms with van der Waals surface area (Å²) in [5.41, 5.74) is 0.952. The van der Waals surface area contributed by atoms with E-state index in [0.717, 1.165) is 18.2 Å². The molecule has 25 heavy (non-hydrogen) atoms. The molecule has 8 heteroatoms. The Kier molecular flexibility index (Phi) is 5.02. The lowest BCUT2D eigenvalue weighted by molar-refractivity contribution is -0.129. The molecule has 1 aliphatic heterocycles. The number of hydrogen-bond acceptors (Lipinski definition) is 6. The Morgan fingerprint density at radius 1 is 1.40 bits per heavy atom. The summed E-state index contributed by atoms with van der Waals surface area (Å²) in [7, 11) is 0. The van der Waals surface area contributed by atoms with Gasteiger partial charge in [-0.15, -0.1) is 0 Å². The minimum Gasteiger partial charge on any atom is -0.485 e. The number of aromatic nitrogens is 2. The first-order valence-electron chi connectivity index (χ1n) is 8.33. The second-order valence-corrected chi connectivity index (χ2v) is 7.80. The summed E-state index contributed by atoms with van der Waals surface area (Å²) in [6.45, 7) is 5.47. The van der Waals surface area contributed by atoms with Crippen molar-refractivity contribution in [2.45, 2.75) is 51.4 Å². The molecule has 3 unspecified atom stereocenters. The standard InChI is InChI=1S/C17H22BrN3O4/c1-9(5-4-6-18)16(23)19-14-10-7-11-12(21-25-20-11)8-13(10)24-17(2,3)15(14)22/h7-9,14-15,22H,4-6H2,1-3H3,(H,19,23). The highest BCUT2D eigenvalue weighted by molar-refractivity contribution is 9.09. The zero-order valence-electron chi connectivity index (χ0n) is 14.5. The number of aliphatic hydroxyl groups is 1. The van der Waals surface area contributed by atoms with Crippen LogP contribution < -0.4 is 10.1 Å². The molecule has 2 aromatic rings. The van der Waals surface area contributed by atoms with E-state index >= 15 is 0 Å². The van der Waals surface area contributed by atoms with Crippen LogP contribution >= 0.6 is 15.9 Å². The average molecular weight is 412 g/mol. The van der Waals surface area contributed by atoms with Crippen molar-refractivity contribution in [2.24, 2.45) is 5.92 Å². The lowest BCUT2D eigenvalue weighted by atomic mass is 9.86. The molecule has 1 amide bonds. The monoisotopic (exact) mass is 411 g/mol. The lowest BCUT2D eigenvalue weighted by Gasteiger charge is -2.42.